The predicted octanol–water partition coefficient (Wildman–Crippen LogP) is 1.68. The van der Waals surface area contributed by atoms with Crippen molar-refractivity contribution in [2.45, 2.75) is 6.92 Å². The van der Waals surface area contributed by atoms with Crippen LogP contribution >= 0.6 is 0 Å². The third-order valence-corrected chi connectivity index (χ3v) is 3.14. The molecule has 0 atom stereocenters. The fourth-order valence-corrected chi connectivity index (χ4v) is 2.18. The van der Waals surface area contributed by atoms with Crippen molar-refractivity contribution in [3.63, 3.8) is 0 Å². The number of hydrogen-bond donors (Lipinski definition) is 0. The number of rotatable bonds is 2. The van der Waals surface area contributed by atoms with E-state index in [0.717, 1.165) is 49.2 Å². The van der Waals surface area contributed by atoms with E-state index in [1.807, 2.05) is 25.1 Å². The quantitative estimate of drug-likeness (QED) is 0.818. The lowest BCUT2D eigenvalue weighted by atomic mass is 10.2. The number of aromatic nitrogens is 3. The van der Waals surface area contributed by atoms with Crippen molar-refractivity contribution < 1.29 is 4.74 Å². The number of anilines is 1. The lowest BCUT2D eigenvalue weighted by Gasteiger charge is -2.28. The molecule has 2 aromatic rings. The summed E-state index contributed by atoms with van der Waals surface area (Å²) >= 11 is 0. The highest BCUT2D eigenvalue weighted by molar-refractivity contribution is 5.62. The molecular formula is C14H16N4O. The van der Waals surface area contributed by atoms with Gasteiger partial charge in [0, 0.05) is 37.1 Å². The molecule has 3 rings (SSSR count). The van der Waals surface area contributed by atoms with Gasteiger partial charge >= 0.3 is 0 Å². The van der Waals surface area contributed by atoms with Gasteiger partial charge in [-0.1, -0.05) is 0 Å². The Hall–Kier alpha value is -2.01. The first-order valence-electron chi connectivity index (χ1n) is 6.42. The molecule has 1 fully saturated rings. The molecule has 0 radical (unpaired) electrons. The number of nitrogens with zero attached hydrogens (tertiary/aromatic N) is 4. The van der Waals surface area contributed by atoms with Crippen LogP contribution in [0.25, 0.3) is 11.3 Å². The van der Waals surface area contributed by atoms with Gasteiger partial charge in [0.15, 0.2) is 0 Å². The Labute approximate surface area is 112 Å². The van der Waals surface area contributed by atoms with Crippen molar-refractivity contribution in [2.75, 3.05) is 31.2 Å². The summed E-state index contributed by atoms with van der Waals surface area (Å²) in [7, 11) is 0. The van der Waals surface area contributed by atoms with Gasteiger partial charge in [-0.05, 0) is 19.1 Å². The topological polar surface area (TPSA) is 51.1 Å². The minimum atomic E-state index is 0.758. The summed E-state index contributed by atoms with van der Waals surface area (Å²) in [5.74, 6) is 1.76. The molecule has 5 heteroatoms. The monoisotopic (exact) mass is 256 g/mol. The first-order valence-corrected chi connectivity index (χ1v) is 6.42. The van der Waals surface area contributed by atoms with Crippen LogP contribution in [0.1, 0.15) is 5.82 Å². The number of morpholine rings is 1. The molecule has 0 unspecified atom stereocenters. The second kappa shape index (κ2) is 5.32. The Morgan fingerprint density at radius 1 is 1.11 bits per heavy atom. The van der Waals surface area contributed by atoms with E-state index >= 15 is 0 Å². The van der Waals surface area contributed by atoms with E-state index in [2.05, 4.69) is 19.9 Å². The van der Waals surface area contributed by atoms with Crippen LogP contribution < -0.4 is 4.90 Å². The standard InChI is InChI=1S/C14H16N4O/c1-11-16-13(12-2-4-15-5-3-12)10-14(17-11)18-6-8-19-9-7-18/h2-5,10H,6-9H2,1H3. The molecule has 0 aliphatic carbocycles. The Morgan fingerprint density at radius 3 is 2.58 bits per heavy atom. The van der Waals surface area contributed by atoms with E-state index in [1.165, 1.54) is 0 Å². The van der Waals surface area contributed by atoms with Crippen molar-refractivity contribution in [1.82, 2.24) is 15.0 Å². The molecule has 98 valence electrons. The van der Waals surface area contributed by atoms with E-state index in [4.69, 9.17) is 4.74 Å². The number of pyridine rings is 1. The van der Waals surface area contributed by atoms with Gasteiger partial charge in [-0.3, -0.25) is 4.98 Å². The van der Waals surface area contributed by atoms with E-state index in [1.54, 1.807) is 12.4 Å². The van der Waals surface area contributed by atoms with E-state index < -0.39 is 0 Å². The summed E-state index contributed by atoms with van der Waals surface area (Å²) in [5, 5.41) is 0. The molecule has 0 saturated carbocycles. The Bertz CT molecular complexity index is 553. The van der Waals surface area contributed by atoms with E-state index in [0.29, 0.717) is 0 Å². The normalized spacial score (nSPS) is 15.5. The molecule has 0 aromatic carbocycles. The summed E-state index contributed by atoms with van der Waals surface area (Å²) in [4.78, 5) is 15.3. The SMILES string of the molecule is Cc1nc(-c2ccncc2)cc(N2CCOCC2)n1. The summed E-state index contributed by atoms with van der Waals surface area (Å²) in [6, 6.07) is 5.96. The maximum atomic E-state index is 5.37. The van der Waals surface area contributed by atoms with Crippen LogP contribution in [0.2, 0.25) is 0 Å². The van der Waals surface area contributed by atoms with Gasteiger partial charge in [-0.2, -0.15) is 0 Å². The number of ether oxygens (including phenoxy) is 1. The summed E-state index contributed by atoms with van der Waals surface area (Å²) < 4.78 is 5.37. The number of hydrogen-bond acceptors (Lipinski definition) is 5. The van der Waals surface area contributed by atoms with Crippen LogP contribution in [0.15, 0.2) is 30.6 Å². The minimum absolute atomic E-state index is 0.758. The van der Waals surface area contributed by atoms with Crippen LogP contribution in [-0.4, -0.2) is 41.3 Å². The molecule has 0 spiro atoms. The van der Waals surface area contributed by atoms with E-state index in [9.17, 15) is 0 Å². The zero-order valence-corrected chi connectivity index (χ0v) is 10.9. The second-order valence-corrected chi connectivity index (χ2v) is 4.49. The fraction of sp³-hybridized carbons (Fsp3) is 0.357. The zero-order chi connectivity index (χ0) is 13.1. The Morgan fingerprint density at radius 2 is 1.84 bits per heavy atom. The van der Waals surface area contributed by atoms with Gasteiger partial charge in [0.05, 0.1) is 18.9 Å². The van der Waals surface area contributed by atoms with Crippen LogP contribution in [0.5, 0.6) is 0 Å². The number of aryl methyl sites for hydroxylation is 1. The molecule has 0 bridgehead atoms. The summed E-state index contributed by atoms with van der Waals surface area (Å²) in [6.07, 6.45) is 3.56. The zero-order valence-electron chi connectivity index (χ0n) is 10.9. The average molecular weight is 256 g/mol. The van der Waals surface area contributed by atoms with Crippen LogP contribution in [-0.2, 0) is 4.74 Å². The Balaban J connectivity index is 1.96. The first kappa shape index (κ1) is 12.0. The molecule has 0 N–H and O–H groups in total. The van der Waals surface area contributed by atoms with Crippen molar-refractivity contribution >= 4 is 5.82 Å². The third-order valence-electron chi connectivity index (χ3n) is 3.14. The maximum Gasteiger partial charge on any atom is 0.133 e. The first-order chi connectivity index (χ1) is 9.33. The van der Waals surface area contributed by atoms with Gasteiger partial charge < -0.3 is 9.64 Å². The van der Waals surface area contributed by atoms with Crippen molar-refractivity contribution in [3.8, 4) is 11.3 Å². The molecule has 19 heavy (non-hydrogen) atoms. The van der Waals surface area contributed by atoms with Crippen LogP contribution in [0.4, 0.5) is 5.82 Å². The van der Waals surface area contributed by atoms with Gasteiger partial charge in [-0.25, -0.2) is 9.97 Å². The van der Waals surface area contributed by atoms with E-state index in [-0.39, 0.29) is 0 Å². The van der Waals surface area contributed by atoms with Gasteiger partial charge in [0.2, 0.25) is 0 Å². The molecule has 3 heterocycles. The summed E-state index contributed by atoms with van der Waals surface area (Å²) in [6.45, 7) is 5.20. The molecule has 1 aliphatic rings. The smallest absolute Gasteiger partial charge is 0.133 e. The highest BCUT2D eigenvalue weighted by atomic mass is 16.5. The lowest BCUT2D eigenvalue weighted by Crippen LogP contribution is -2.36. The largest absolute Gasteiger partial charge is 0.378 e. The highest BCUT2D eigenvalue weighted by Crippen LogP contribution is 2.21. The average Bonchev–Trinajstić information content (AvgIpc) is 2.48. The second-order valence-electron chi connectivity index (χ2n) is 4.49. The van der Waals surface area contributed by atoms with Crippen LogP contribution in [0.3, 0.4) is 0 Å². The van der Waals surface area contributed by atoms with Crippen molar-refractivity contribution in [2.24, 2.45) is 0 Å². The van der Waals surface area contributed by atoms with Gasteiger partial charge in [0.25, 0.3) is 0 Å². The Kier molecular flexibility index (Phi) is 3.37. The molecule has 2 aromatic heterocycles. The molecule has 5 nitrogen and oxygen atoms in total. The lowest BCUT2D eigenvalue weighted by molar-refractivity contribution is 0.122. The van der Waals surface area contributed by atoms with Crippen molar-refractivity contribution in [1.29, 1.82) is 0 Å². The summed E-state index contributed by atoms with van der Waals surface area (Å²) in [5.41, 5.74) is 2.01. The van der Waals surface area contributed by atoms with Crippen LogP contribution in [0, 0.1) is 6.92 Å². The highest BCUT2D eigenvalue weighted by Gasteiger charge is 2.14. The minimum Gasteiger partial charge on any atom is -0.378 e. The maximum absolute atomic E-state index is 5.37. The predicted molar refractivity (Wildman–Crippen MR) is 73.0 cm³/mol. The third kappa shape index (κ3) is 2.71. The van der Waals surface area contributed by atoms with Crippen molar-refractivity contribution in [3.05, 3.63) is 36.4 Å². The van der Waals surface area contributed by atoms with Gasteiger partial charge in [0.1, 0.15) is 11.6 Å². The molecule has 1 aliphatic heterocycles. The molecule has 0 amide bonds. The molecule has 1 saturated heterocycles. The van der Waals surface area contributed by atoms with Gasteiger partial charge in [-0.15, -0.1) is 0 Å². The fourth-order valence-electron chi connectivity index (χ4n) is 2.18. The molecular weight excluding hydrogens is 240 g/mol.